The number of hydrogen-bond acceptors (Lipinski definition) is 4. The van der Waals surface area contributed by atoms with E-state index in [2.05, 4.69) is 46.7 Å². The van der Waals surface area contributed by atoms with E-state index in [1.807, 2.05) is 21.7 Å². The number of hydrogen-bond donors (Lipinski definition) is 2. The van der Waals surface area contributed by atoms with E-state index in [0.29, 0.717) is 13.0 Å². The molecular weight excluding hydrogens is 390 g/mol. The summed E-state index contributed by atoms with van der Waals surface area (Å²) in [6, 6.07) is 8.57. The Bertz CT molecular complexity index is 911. The largest absolute Gasteiger partial charge is 0.357 e. The molecule has 1 unspecified atom stereocenters. The highest BCUT2D eigenvalue weighted by atomic mass is 16.2. The molecule has 2 aliphatic rings. The second-order valence-corrected chi connectivity index (χ2v) is 8.24. The monoisotopic (exact) mass is 423 g/mol. The van der Waals surface area contributed by atoms with Crippen LogP contribution >= 0.6 is 0 Å². The molecule has 3 heterocycles. The molecule has 1 aromatic heterocycles. The van der Waals surface area contributed by atoms with E-state index < -0.39 is 0 Å². The third kappa shape index (κ3) is 5.24. The van der Waals surface area contributed by atoms with Crippen LogP contribution in [0.1, 0.15) is 55.9 Å². The van der Waals surface area contributed by atoms with E-state index in [-0.39, 0.29) is 11.9 Å². The Hall–Kier alpha value is -2.90. The summed E-state index contributed by atoms with van der Waals surface area (Å²) in [5.41, 5.74) is 2.53. The van der Waals surface area contributed by atoms with E-state index in [0.717, 1.165) is 69.5 Å². The molecule has 2 aromatic rings. The van der Waals surface area contributed by atoms with E-state index in [9.17, 15) is 4.79 Å². The third-order valence-corrected chi connectivity index (χ3v) is 5.92. The van der Waals surface area contributed by atoms with Gasteiger partial charge in [-0.1, -0.05) is 31.2 Å². The lowest BCUT2D eigenvalue weighted by Gasteiger charge is -2.25. The summed E-state index contributed by atoms with van der Waals surface area (Å²) >= 11 is 0. The van der Waals surface area contributed by atoms with Gasteiger partial charge in [0.25, 0.3) is 0 Å². The number of rotatable bonds is 7. The lowest BCUT2D eigenvalue weighted by atomic mass is 10.1. The topological polar surface area (TPSA) is 87.4 Å². The Labute approximate surface area is 184 Å². The van der Waals surface area contributed by atoms with Crippen molar-refractivity contribution in [3.05, 3.63) is 47.0 Å². The van der Waals surface area contributed by atoms with Gasteiger partial charge in [-0.05, 0) is 30.9 Å². The molecule has 1 atom stereocenters. The summed E-state index contributed by atoms with van der Waals surface area (Å²) in [5.74, 6) is 3.02. The maximum atomic E-state index is 12.6. The molecule has 0 spiro atoms. The second-order valence-electron chi connectivity index (χ2n) is 8.24. The van der Waals surface area contributed by atoms with E-state index in [1.54, 1.807) is 0 Å². The number of nitrogens with zero attached hydrogens (tertiary/aromatic N) is 5. The average molecular weight is 424 g/mol. The van der Waals surface area contributed by atoms with Crippen molar-refractivity contribution in [3.8, 4) is 0 Å². The molecule has 0 saturated heterocycles. The molecule has 166 valence electrons. The van der Waals surface area contributed by atoms with Crippen LogP contribution in [0.4, 0.5) is 0 Å². The van der Waals surface area contributed by atoms with E-state index in [1.165, 1.54) is 11.1 Å². The van der Waals surface area contributed by atoms with Gasteiger partial charge in [-0.15, -0.1) is 0 Å². The molecule has 0 aliphatic carbocycles. The number of guanidine groups is 1. The minimum atomic E-state index is 0.210. The highest BCUT2D eigenvalue weighted by Crippen LogP contribution is 2.23. The van der Waals surface area contributed by atoms with Crippen LogP contribution in [0.25, 0.3) is 0 Å². The maximum absolute atomic E-state index is 12.6. The molecule has 0 radical (unpaired) electrons. The molecule has 0 saturated carbocycles. The van der Waals surface area contributed by atoms with Crippen molar-refractivity contribution in [1.82, 2.24) is 30.3 Å². The number of nitrogens with one attached hydrogen (secondary N) is 2. The van der Waals surface area contributed by atoms with Crippen molar-refractivity contribution in [1.29, 1.82) is 0 Å². The van der Waals surface area contributed by atoms with Crippen LogP contribution in [-0.2, 0) is 37.3 Å². The number of carbonyl (C=O) groups excluding carboxylic acids is 1. The van der Waals surface area contributed by atoms with Gasteiger partial charge in [-0.3, -0.25) is 9.79 Å². The van der Waals surface area contributed by atoms with Crippen LogP contribution in [0.5, 0.6) is 0 Å². The van der Waals surface area contributed by atoms with Crippen LogP contribution in [-0.4, -0.2) is 50.7 Å². The number of aryl methyl sites for hydroxylation is 2. The summed E-state index contributed by atoms with van der Waals surface area (Å²) in [5, 5.41) is 11.4. The van der Waals surface area contributed by atoms with Gasteiger partial charge in [0.1, 0.15) is 5.82 Å². The second kappa shape index (κ2) is 9.94. The van der Waals surface area contributed by atoms with Crippen LogP contribution in [0.3, 0.4) is 0 Å². The Morgan fingerprint density at radius 1 is 1.23 bits per heavy atom. The van der Waals surface area contributed by atoms with Crippen LogP contribution < -0.4 is 10.6 Å². The Kier molecular flexibility index (Phi) is 6.84. The van der Waals surface area contributed by atoms with Gasteiger partial charge in [0.15, 0.2) is 11.8 Å². The smallest absolute Gasteiger partial charge is 0.223 e. The fraction of sp³-hybridized carbons (Fsp3) is 0.565. The summed E-state index contributed by atoms with van der Waals surface area (Å²) in [7, 11) is 0. The van der Waals surface area contributed by atoms with Gasteiger partial charge >= 0.3 is 0 Å². The molecule has 2 N–H and O–H groups in total. The fourth-order valence-electron chi connectivity index (χ4n) is 4.23. The lowest BCUT2D eigenvalue weighted by molar-refractivity contribution is -0.131. The quantitative estimate of drug-likeness (QED) is 0.404. The first-order valence-electron chi connectivity index (χ1n) is 11.5. The molecule has 8 heteroatoms. The van der Waals surface area contributed by atoms with E-state index in [4.69, 9.17) is 4.99 Å². The predicted molar refractivity (Wildman–Crippen MR) is 121 cm³/mol. The summed E-state index contributed by atoms with van der Waals surface area (Å²) in [6.07, 6.45) is 4.09. The zero-order valence-electron chi connectivity index (χ0n) is 18.6. The zero-order chi connectivity index (χ0) is 21.6. The van der Waals surface area contributed by atoms with Gasteiger partial charge in [0, 0.05) is 51.5 Å². The molecule has 1 aromatic carbocycles. The number of aliphatic imine (C=N–C) groups is 1. The Morgan fingerprint density at radius 3 is 2.71 bits per heavy atom. The standard InChI is InChI=1S/C23H33N7O/c1-3-20-27-21-12-11-19(16-30(21)28-20)26-23(24-4-2)25-13-7-10-22(31)29-14-17-8-5-6-9-18(17)15-29/h5-6,8-9,19H,3-4,7,10-16H2,1-2H3,(H2,24,25,26). The highest BCUT2D eigenvalue weighted by molar-refractivity contribution is 5.80. The van der Waals surface area contributed by atoms with Gasteiger partial charge in [0.05, 0.1) is 6.54 Å². The van der Waals surface area contributed by atoms with Crippen LogP contribution in [0.2, 0.25) is 0 Å². The fourth-order valence-corrected chi connectivity index (χ4v) is 4.23. The van der Waals surface area contributed by atoms with Crippen molar-refractivity contribution in [3.63, 3.8) is 0 Å². The maximum Gasteiger partial charge on any atom is 0.223 e. The molecule has 0 bridgehead atoms. The molecule has 8 nitrogen and oxygen atoms in total. The lowest BCUT2D eigenvalue weighted by Crippen LogP contribution is -2.47. The number of benzene rings is 1. The van der Waals surface area contributed by atoms with E-state index >= 15 is 0 Å². The summed E-state index contributed by atoms with van der Waals surface area (Å²) in [4.78, 5) is 23.8. The van der Waals surface area contributed by atoms with Crippen LogP contribution in [0, 0.1) is 0 Å². The third-order valence-electron chi connectivity index (χ3n) is 5.92. The Morgan fingerprint density at radius 2 is 2.00 bits per heavy atom. The highest BCUT2D eigenvalue weighted by Gasteiger charge is 2.23. The summed E-state index contributed by atoms with van der Waals surface area (Å²) < 4.78 is 2.02. The van der Waals surface area contributed by atoms with Crippen molar-refractivity contribution < 1.29 is 4.79 Å². The SMILES string of the molecule is CCNC(=NCCCC(=O)N1Cc2ccccc2C1)NC1CCc2nc(CC)nn2C1. The molecule has 2 aliphatic heterocycles. The number of carbonyl (C=O) groups is 1. The Balaban J connectivity index is 1.24. The first-order chi connectivity index (χ1) is 15.2. The van der Waals surface area contributed by atoms with Gasteiger partial charge in [-0.2, -0.15) is 5.10 Å². The number of aromatic nitrogens is 3. The average Bonchev–Trinajstić information content (AvgIpc) is 3.40. The van der Waals surface area contributed by atoms with Gasteiger partial charge in [-0.25, -0.2) is 9.67 Å². The van der Waals surface area contributed by atoms with Crippen molar-refractivity contribution in [2.75, 3.05) is 13.1 Å². The minimum Gasteiger partial charge on any atom is -0.357 e. The molecular formula is C23H33N7O. The van der Waals surface area contributed by atoms with Gasteiger partial charge < -0.3 is 15.5 Å². The van der Waals surface area contributed by atoms with Gasteiger partial charge in [0.2, 0.25) is 5.91 Å². The summed E-state index contributed by atoms with van der Waals surface area (Å²) in [6.45, 7) is 7.85. The van der Waals surface area contributed by atoms with Crippen LogP contribution in [0.15, 0.2) is 29.3 Å². The molecule has 31 heavy (non-hydrogen) atoms. The van der Waals surface area contributed by atoms with Crippen molar-refractivity contribution >= 4 is 11.9 Å². The first-order valence-corrected chi connectivity index (χ1v) is 11.5. The zero-order valence-corrected chi connectivity index (χ0v) is 18.6. The predicted octanol–water partition coefficient (Wildman–Crippen LogP) is 2.03. The molecule has 0 fully saturated rings. The van der Waals surface area contributed by atoms with Crippen molar-refractivity contribution in [2.45, 2.75) is 71.6 Å². The normalized spacial score (nSPS) is 17.9. The minimum absolute atomic E-state index is 0.210. The molecule has 1 amide bonds. The molecule has 4 rings (SSSR count). The van der Waals surface area contributed by atoms with Crippen molar-refractivity contribution in [2.24, 2.45) is 4.99 Å². The number of amides is 1. The number of fused-ring (bicyclic) bond motifs is 2. The first kappa shape index (κ1) is 21.3.